The van der Waals surface area contributed by atoms with Crippen molar-refractivity contribution < 1.29 is 4.79 Å². The quantitative estimate of drug-likeness (QED) is 0.664. The summed E-state index contributed by atoms with van der Waals surface area (Å²) in [5, 5.41) is 8.04. The third-order valence-electron chi connectivity index (χ3n) is 4.76. The Kier molecular flexibility index (Phi) is 6.17. The molecule has 3 aromatic rings. The molecule has 3 rings (SSSR count). The van der Waals surface area contributed by atoms with Crippen LogP contribution in [0, 0.1) is 20.8 Å². The van der Waals surface area contributed by atoms with Crippen molar-refractivity contribution in [2.24, 2.45) is 0 Å². The minimum Gasteiger partial charge on any atom is -0.363 e. The summed E-state index contributed by atoms with van der Waals surface area (Å²) in [6, 6.07) is 7.46. The zero-order chi connectivity index (χ0) is 21.1. The van der Waals surface area contributed by atoms with Gasteiger partial charge in [0.1, 0.15) is 12.1 Å². The van der Waals surface area contributed by atoms with Crippen molar-refractivity contribution in [3.8, 4) is 5.82 Å². The van der Waals surface area contributed by atoms with Crippen LogP contribution in [-0.4, -0.2) is 39.8 Å². The summed E-state index contributed by atoms with van der Waals surface area (Å²) in [5.74, 6) is 1.42. The van der Waals surface area contributed by atoms with E-state index >= 15 is 0 Å². The Morgan fingerprint density at radius 1 is 1.17 bits per heavy atom. The Bertz CT molecular complexity index is 1040. The number of amides is 1. The molecule has 1 amide bonds. The van der Waals surface area contributed by atoms with Gasteiger partial charge >= 0.3 is 0 Å². The normalized spacial score (nSPS) is 10.8. The Hall–Kier alpha value is -2.93. The van der Waals surface area contributed by atoms with Gasteiger partial charge in [-0.3, -0.25) is 4.79 Å². The number of halogens is 1. The fourth-order valence-corrected chi connectivity index (χ4v) is 3.41. The molecule has 1 aromatic carbocycles. The molecule has 0 bridgehead atoms. The SMILES string of the molecule is Cc1ccc(NC(=O)CCc2c(C)nn(-c3cc(N(C)C)ncn3)c2C)c(Cl)c1. The summed E-state index contributed by atoms with van der Waals surface area (Å²) in [5.41, 5.74) is 4.57. The molecule has 0 aliphatic carbocycles. The van der Waals surface area contributed by atoms with Crippen LogP contribution in [0.4, 0.5) is 11.5 Å². The Labute approximate surface area is 175 Å². The lowest BCUT2D eigenvalue weighted by atomic mass is 10.1. The lowest BCUT2D eigenvalue weighted by Gasteiger charge is -2.12. The topological polar surface area (TPSA) is 75.9 Å². The van der Waals surface area contributed by atoms with Crippen molar-refractivity contribution in [2.45, 2.75) is 33.6 Å². The highest BCUT2D eigenvalue weighted by Gasteiger charge is 2.16. The Morgan fingerprint density at radius 2 is 1.93 bits per heavy atom. The van der Waals surface area contributed by atoms with E-state index in [0.717, 1.165) is 28.3 Å². The summed E-state index contributed by atoms with van der Waals surface area (Å²) >= 11 is 6.20. The van der Waals surface area contributed by atoms with E-state index in [1.807, 2.05) is 64.0 Å². The molecule has 0 unspecified atom stereocenters. The third kappa shape index (κ3) is 4.74. The van der Waals surface area contributed by atoms with E-state index in [0.29, 0.717) is 29.4 Å². The number of carbonyl (C=O) groups is 1. The van der Waals surface area contributed by atoms with Crippen molar-refractivity contribution in [3.63, 3.8) is 0 Å². The molecule has 152 valence electrons. The number of benzene rings is 1. The second-order valence-electron chi connectivity index (χ2n) is 7.22. The van der Waals surface area contributed by atoms with Crippen LogP contribution in [0.25, 0.3) is 5.82 Å². The molecule has 2 aromatic heterocycles. The predicted octanol–water partition coefficient (Wildman–Crippen LogP) is 3.88. The van der Waals surface area contributed by atoms with Crippen LogP contribution >= 0.6 is 11.6 Å². The fourth-order valence-electron chi connectivity index (χ4n) is 3.13. The first-order valence-corrected chi connectivity index (χ1v) is 9.75. The highest BCUT2D eigenvalue weighted by atomic mass is 35.5. The highest BCUT2D eigenvalue weighted by molar-refractivity contribution is 6.33. The van der Waals surface area contributed by atoms with Gasteiger partial charge in [-0.1, -0.05) is 17.7 Å². The molecule has 29 heavy (non-hydrogen) atoms. The van der Waals surface area contributed by atoms with Crippen molar-refractivity contribution in [2.75, 3.05) is 24.3 Å². The zero-order valence-electron chi connectivity index (χ0n) is 17.3. The summed E-state index contributed by atoms with van der Waals surface area (Å²) in [4.78, 5) is 22.9. The second-order valence-corrected chi connectivity index (χ2v) is 7.63. The smallest absolute Gasteiger partial charge is 0.224 e. The number of carbonyl (C=O) groups excluding carboxylic acids is 1. The van der Waals surface area contributed by atoms with Gasteiger partial charge in [0, 0.05) is 32.3 Å². The first-order chi connectivity index (χ1) is 13.8. The van der Waals surface area contributed by atoms with Crippen LogP contribution < -0.4 is 10.2 Å². The first-order valence-electron chi connectivity index (χ1n) is 9.37. The molecule has 7 nitrogen and oxygen atoms in total. The van der Waals surface area contributed by atoms with Crippen molar-refractivity contribution in [1.29, 1.82) is 0 Å². The largest absolute Gasteiger partial charge is 0.363 e. The number of hydrogen-bond acceptors (Lipinski definition) is 5. The predicted molar refractivity (Wildman–Crippen MR) is 116 cm³/mol. The minimum absolute atomic E-state index is 0.0840. The summed E-state index contributed by atoms with van der Waals surface area (Å²) in [6.07, 6.45) is 2.45. The molecule has 0 spiro atoms. The summed E-state index contributed by atoms with van der Waals surface area (Å²) < 4.78 is 1.80. The maximum atomic E-state index is 12.4. The molecule has 0 saturated carbocycles. The van der Waals surface area contributed by atoms with Gasteiger partial charge in [0.2, 0.25) is 5.91 Å². The average Bonchev–Trinajstić information content (AvgIpc) is 2.96. The number of rotatable bonds is 6. The highest BCUT2D eigenvalue weighted by Crippen LogP contribution is 2.24. The molecule has 0 fully saturated rings. The molecular weight excluding hydrogens is 388 g/mol. The number of anilines is 2. The van der Waals surface area contributed by atoms with Gasteiger partial charge in [0.25, 0.3) is 0 Å². The number of hydrogen-bond donors (Lipinski definition) is 1. The van der Waals surface area contributed by atoms with Crippen LogP contribution in [-0.2, 0) is 11.2 Å². The molecule has 8 heteroatoms. The molecule has 0 radical (unpaired) electrons. The van der Waals surface area contributed by atoms with E-state index in [9.17, 15) is 4.79 Å². The fraction of sp³-hybridized carbons (Fsp3) is 0.333. The van der Waals surface area contributed by atoms with E-state index in [1.165, 1.54) is 6.33 Å². The number of nitrogens with zero attached hydrogens (tertiary/aromatic N) is 5. The van der Waals surface area contributed by atoms with E-state index < -0.39 is 0 Å². The zero-order valence-corrected chi connectivity index (χ0v) is 18.1. The van der Waals surface area contributed by atoms with Gasteiger partial charge in [-0.2, -0.15) is 5.10 Å². The van der Waals surface area contributed by atoms with Crippen molar-refractivity contribution in [1.82, 2.24) is 19.7 Å². The van der Waals surface area contributed by atoms with E-state index in [2.05, 4.69) is 20.4 Å². The molecule has 2 heterocycles. The lowest BCUT2D eigenvalue weighted by Crippen LogP contribution is -2.13. The maximum Gasteiger partial charge on any atom is 0.224 e. The van der Waals surface area contributed by atoms with Crippen LogP contribution in [0.1, 0.15) is 28.9 Å². The molecule has 0 saturated heterocycles. The summed E-state index contributed by atoms with van der Waals surface area (Å²) in [6.45, 7) is 5.89. The first kappa shape index (κ1) is 20.8. The standard InChI is InChI=1S/C21H25ClN6O/c1-13-6-8-18(17(22)10-13)25-21(29)9-7-16-14(2)26-28(15(16)3)20-11-19(27(4)5)23-12-24-20/h6,8,10-12H,7,9H2,1-5H3,(H,25,29). The Balaban J connectivity index is 1.74. The van der Waals surface area contributed by atoms with Gasteiger partial charge in [0.15, 0.2) is 5.82 Å². The van der Waals surface area contributed by atoms with Gasteiger partial charge in [-0.15, -0.1) is 0 Å². The molecule has 0 aliphatic rings. The molecule has 0 aliphatic heterocycles. The van der Waals surface area contributed by atoms with Crippen LogP contribution in [0.15, 0.2) is 30.6 Å². The average molecular weight is 413 g/mol. The lowest BCUT2D eigenvalue weighted by molar-refractivity contribution is -0.116. The molecule has 1 N–H and O–H groups in total. The van der Waals surface area contributed by atoms with Crippen LogP contribution in [0.2, 0.25) is 5.02 Å². The second kappa shape index (κ2) is 8.61. The van der Waals surface area contributed by atoms with Crippen LogP contribution in [0.5, 0.6) is 0 Å². The number of nitrogens with one attached hydrogen (secondary N) is 1. The van der Waals surface area contributed by atoms with E-state index in [-0.39, 0.29) is 5.91 Å². The Morgan fingerprint density at radius 3 is 2.62 bits per heavy atom. The van der Waals surface area contributed by atoms with Crippen molar-refractivity contribution in [3.05, 3.63) is 58.1 Å². The third-order valence-corrected chi connectivity index (χ3v) is 5.07. The number of aryl methyl sites for hydroxylation is 2. The summed E-state index contributed by atoms with van der Waals surface area (Å²) in [7, 11) is 3.86. The van der Waals surface area contributed by atoms with Crippen LogP contribution in [0.3, 0.4) is 0 Å². The maximum absolute atomic E-state index is 12.4. The van der Waals surface area contributed by atoms with E-state index in [1.54, 1.807) is 4.68 Å². The van der Waals surface area contributed by atoms with Gasteiger partial charge in [-0.05, 0) is 50.5 Å². The van der Waals surface area contributed by atoms with E-state index in [4.69, 9.17) is 11.6 Å². The van der Waals surface area contributed by atoms with Gasteiger partial charge < -0.3 is 10.2 Å². The van der Waals surface area contributed by atoms with Crippen molar-refractivity contribution >= 4 is 29.0 Å². The molecular formula is C21H25ClN6O. The van der Waals surface area contributed by atoms with Gasteiger partial charge in [0.05, 0.1) is 16.4 Å². The number of aromatic nitrogens is 4. The molecule has 0 atom stereocenters. The van der Waals surface area contributed by atoms with Gasteiger partial charge in [-0.25, -0.2) is 14.6 Å². The minimum atomic E-state index is -0.0840. The monoisotopic (exact) mass is 412 g/mol.